The fourth-order valence-corrected chi connectivity index (χ4v) is 4.35. The Morgan fingerprint density at radius 3 is 2.66 bits per heavy atom. The van der Waals surface area contributed by atoms with Crippen LogP contribution in [0.3, 0.4) is 0 Å². The van der Waals surface area contributed by atoms with E-state index in [0.29, 0.717) is 49.2 Å². The molecule has 3 aromatic heterocycles. The number of fused-ring (bicyclic) bond motifs is 1. The highest BCUT2D eigenvalue weighted by atomic mass is 19.1. The van der Waals surface area contributed by atoms with Crippen LogP contribution in [0.15, 0.2) is 18.5 Å². The number of nitrogens with zero attached hydrogens (tertiary/aromatic N) is 7. The first-order valence-electron chi connectivity index (χ1n) is 12.3. The maximum Gasteiger partial charge on any atom is 0.410 e. The normalized spacial score (nSPS) is 20.2. The molecule has 3 aromatic rings. The van der Waals surface area contributed by atoms with Crippen LogP contribution in [0.1, 0.15) is 20.8 Å². The van der Waals surface area contributed by atoms with E-state index < -0.39 is 29.7 Å². The van der Waals surface area contributed by atoms with Gasteiger partial charge in [0.15, 0.2) is 23.0 Å². The number of morpholine rings is 1. The molecule has 2 aliphatic rings. The molecule has 204 valence electrons. The van der Waals surface area contributed by atoms with E-state index in [2.05, 4.69) is 25.4 Å². The number of methoxy groups -OCH3 is 1. The lowest BCUT2D eigenvalue weighted by atomic mass is 10.2. The maximum absolute atomic E-state index is 15.0. The van der Waals surface area contributed by atoms with Gasteiger partial charge in [-0.25, -0.2) is 33.0 Å². The van der Waals surface area contributed by atoms with Crippen molar-refractivity contribution in [3.8, 4) is 17.1 Å². The maximum atomic E-state index is 15.0. The number of amides is 1. The van der Waals surface area contributed by atoms with E-state index in [1.165, 1.54) is 15.6 Å². The van der Waals surface area contributed by atoms with E-state index in [1.807, 2.05) is 4.90 Å². The second-order valence-corrected chi connectivity index (χ2v) is 10.1. The Hall–Kier alpha value is -3.81. The van der Waals surface area contributed by atoms with Crippen LogP contribution in [0.4, 0.5) is 25.3 Å². The van der Waals surface area contributed by atoms with Crippen molar-refractivity contribution in [1.29, 1.82) is 0 Å². The number of aromatic nitrogens is 5. The molecule has 0 unspecified atom stereocenters. The lowest BCUT2D eigenvalue weighted by Gasteiger charge is -2.28. The van der Waals surface area contributed by atoms with E-state index >= 15 is 0 Å². The van der Waals surface area contributed by atoms with Gasteiger partial charge in [-0.05, 0) is 20.8 Å². The molecular weight excluding hydrogens is 502 g/mol. The van der Waals surface area contributed by atoms with E-state index in [1.54, 1.807) is 33.9 Å². The monoisotopic (exact) mass is 532 g/mol. The summed E-state index contributed by atoms with van der Waals surface area (Å²) in [6.45, 7) is 7.50. The summed E-state index contributed by atoms with van der Waals surface area (Å²) in [7, 11) is 1.55. The number of carbonyl (C=O) groups is 1. The van der Waals surface area contributed by atoms with Crippen LogP contribution in [-0.2, 0) is 9.47 Å². The third-order valence-electron chi connectivity index (χ3n) is 6.17. The van der Waals surface area contributed by atoms with E-state index in [-0.39, 0.29) is 24.7 Å². The van der Waals surface area contributed by atoms with Crippen LogP contribution in [0.25, 0.3) is 17.0 Å². The molecule has 1 amide bonds. The number of likely N-dealkylation sites (tertiary alicyclic amines) is 1. The third kappa shape index (κ3) is 5.26. The molecule has 38 heavy (non-hydrogen) atoms. The lowest BCUT2D eigenvalue weighted by molar-refractivity contribution is 0.0283. The van der Waals surface area contributed by atoms with Crippen molar-refractivity contribution in [2.24, 2.45) is 0 Å². The van der Waals surface area contributed by atoms with Crippen LogP contribution in [0.2, 0.25) is 0 Å². The molecule has 2 aliphatic heterocycles. The number of rotatable bonds is 5. The smallest absolute Gasteiger partial charge is 0.410 e. The fourth-order valence-electron chi connectivity index (χ4n) is 4.35. The number of hydrogen-bond acceptors (Lipinski definition) is 10. The number of carbonyl (C=O) groups excluding carboxylic acids is 1. The Morgan fingerprint density at radius 1 is 1.18 bits per heavy atom. The van der Waals surface area contributed by atoms with Gasteiger partial charge in [-0.1, -0.05) is 0 Å². The van der Waals surface area contributed by atoms with E-state index in [4.69, 9.17) is 14.2 Å². The minimum absolute atomic E-state index is 0.0111. The summed E-state index contributed by atoms with van der Waals surface area (Å²) in [6.07, 6.45) is 0.469. The number of hydrogen-bond donors (Lipinski definition) is 1. The molecule has 0 saturated carbocycles. The quantitative estimate of drug-likeness (QED) is 0.525. The molecule has 2 fully saturated rings. The highest BCUT2D eigenvalue weighted by molar-refractivity contribution is 5.69. The molecule has 14 heteroatoms. The summed E-state index contributed by atoms with van der Waals surface area (Å²) < 4.78 is 47.5. The summed E-state index contributed by atoms with van der Waals surface area (Å²) >= 11 is 0. The number of ether oxygens (including phenoxy) is 3. The highest BCUT2D eigenvalue weighted by Gasteiger charge is 2.38. The minimum Gasteiger partial charge on any atom is -0.493 e. The predicted octanol–water partition coefficient (Wildman–Crippen LogP) is 2.54. The number of anilines is 2. The van der Waals surface area contributed by atoms with Crippen LogP contribution in [0, 0.1) is 5.82 Å². The van der Waals surface area contributed by atoms with E-state index in [9.17, 15) is 13.6 Å². The molecule has 12 nitrogen and oxygen atoms in total. The molecule has 2 saturated heterocycles. The van der Waals surface area contributed by atoms with Crippen LogP contribution in [-0.4, -0.2) is 99.9 Å². The summed E-state index contributed by atoms with van der Waals surface area (Å²) in [5, 5.41) is 7.58. The summed E-state index contributed by atoms with van der Waals surface area (Å²) in [5.74, 6) is 0.425. The summed E-state index contributed by atoms with van der Waals surface area (Å²) in [6, 6.07) is 0.926. The fraction of sp³-hybridized carbons (Fsp3) is 0.542. The van der Waals surface area contributed by atoms with Gasteiger partial charge in [0, 0.05) is 25.7 Å². The van der Waals surface area contributed by atoms with Gasteiger partial charge < -0.3 is 29.3 Å². The second-order valence-electron chi connectivity index (χ2n) is 10.1. The first kappa shape index (κ1) is 25.8. The largest absolute Gasteiger partial charge is 0.493 e. The minimum atomic E-state index is -1.39. The van der Waals surface area contributed by atoms with Gasteiger partial charge in [0.2, 0.25) is 5.95 Å². The van der Waals surface area contributed by atoms with Gasteiger partial charge >= 0.3 is 6.09 Å². The van der Waals surface area contributed by atoms with Gasteiger partial charge in [-0.15, -0.1) is 5.10 Å². The van der Waals surface area contributed by atoms with Gasteiger partial charge in [0.25, 0.3) is 0 Å². The number of halogens is 2. The molecule has 0 aromatic carbocycles. The molecule has 0 bridgehead atoms. The zero-order valence-electron chi connectivity index (χ0n) is 21.6. The molecule has 1 N–H and O–H groups in total. The number of imidazole rings is 1. The van der Waals surface area contributed by atoms with Crippen LogP contribution >= 0.6 is 0 Å². The first-order chi connectivity index (χ1) is 18.1. The van der Waals surface area contributed by atoms with Crippen molar-refractivity contribution in [3.63, 3.8) is 0 Å². The Balaban J connectivity index is 1.41. The third-order valence-corrected chi connectivity index (χ3v) is 6.17. The van der Waals surface area contributed by atoms with Gasteiger partial charge in [-0.3, -0.25) is 0 Å². The molecular formula is C24H30F2N8O4. The lowest BCUT2D eigenvalue weighted by Crippen LogP contribution is -2.37. The van der Waals surface area contributed by atoms with Gasteiger partial charge in [-0.2, -0.15) is 0 Å². The van der Waals surface area contributed by atoms with Crippen molar-refractivity contribution >= 4 is 23.5 Å². The highest BCUT2D eigenvalue weighted by Crippen LogP contribution is 2.30. The van der Waals surface area contributed by atoms with E-state index in [0.717, 1.165) is 6.20 Å². The predicted molar refractivity (Wildman–Crippen MR) is 134 cm³/mol. The summed E-state index contributed by atoms with van der Waals surface area (Å²) in [5.41, 5.74) is -0.0254. The Labute approximate surface area is 217 Å². The first-order valence-corrected chi connectivity index (χ1v) is 12.3. The number of nitrogens with one attached hydrogen (secondary N) is 1. The van der Waals surface area contributed by atoms with Crippen molar-refractivity contribution in [2.75, 3.05) is 56.7 Å². The van der Waals surface area contributed by atoms with Crippen molar-refractivity contribution in [1.82, 2.24) is 29.5 Å². The van der Waals surface area contributed by atoms with Crippen LogP contribution < -0.4 is 15.0 Å². The van der Waals surface area contributed by atoms with Crippen LogP contribution in [0.5, 0.6) is 5.75 Å². The molecule has 0 aliphatic carbocycles. The Morgan fingerprint density at radius 2 is 1.95 bits per heavy atom. The topological polar surface area (TPSA) is 119 Å². The average Bonchev–Trinajstić information content (AvgIpc) is 3.46. The Kier molecular flexibility index (Phi) is 6.90. The molecule has 5 rings (SSSR count). The van der Waals surface area contributed by atoms with Crippen molar-refractivity contribution < 1.29 is 27.8 Å². The zero-order valence-corrected chi connectivity index (χ0v) is 21.6. The molecule has 0 radical (unpaired) electrons. The molecule has 5 heterocycles. The number of alkyl halides is 1. The van der Waals surface area contributed by atoms with Crippen molar-refractivity contribution in [3.05, 3.63) is 24.3 Å². The van der Waals surface area contributed by atoms with Gasteiger partial charge in [0.05, 0.1) is 45.3 Å². The van der Waals surface area contributed by atoms with Crippen molar-refractivity contribution in [2.45, 2.75) is 38.6 Å². The average molecular weight is 533 g/mol. The SMILES string of the molecule is COc1cc2ncc(-c3nc(N[C@H]4CN(C(=O)OC(C)(C)C)C[C@@H]4F)ncc3F)n2nc1N1CCOCC1. The molecule has 2 atom stereocenters. The standard InChI is InChI=1S/C24H30F2N8O4/c1-24(2,3)38-23(35)33-12-15(26)16(13-33)29-22-28-10-14(25)20(30-22)17-11-27-19-9-18(36-4)21(31-34(17)19)32-5-7-37-8-6-32/h9-11,15-16H,5-8,12-13H2,1-4H3,(H,28,29,30)/t15-,16-/m0/s1. The summed E-state index contributed by atoms with van der Waals surface area (Å²) in [4.78, 5) is 28.3. The zero-order chi connectivity index (χ0) is 27.0. The van der Waals surface area contributed by atoms with Gasteiger partial charge in [0.1, 0.15) is 23.2 Å². The molecule has 0 spiro atoms. The second kappa shape index (κ2) is 10.2. The Bertz CT molecular complexity index is 1320.